The second kappa shape index (κ2) is 6.19. The van der Waals surface area contributed by atoms with Crippen molar-refractivity contribution in [3.8, 4) is 0 Å². The van der Waals surface area contributed by atoms with Gasteiger partial charge in [0.25, 0.3) is 0 Å². The highest BCUT2D eigenvalue weighted by Gasteiger charge is 2.35. The van der Waals surface area contributed by atoms with Gasteiger partial charge in [-0.2, -0.15) is 0 Å². The second-order valence-corrected chi connectivity index (χ2v) is 7.71. The largest absolute Gasteiger partial charge is 0.444 e. The van der Waals surface area contributed by atoms with E-state index < -0.39 is 17.9 Å². The van der Waals surface area contributed by atoms with Crippen molar-refractivity contribution in [2.45, 2.75) is 58.4 Å². The maximum atomic E-state index is 14.8. The van der Waals surface area contributed by atoms with Crippen LogP contribution in [-0.4, -0.2) is 42.1 Å². The molecule has 0 N–H and O–H groups in total. The summed E-state index contributed by atoms with van der Waals surface area (Å²) in [6.45, 7) is 8.77. The predicted octanol–water partition coefficient (Wildman–Crippen LogP) is 3.99. The molecule has 2 unspecified atom stereocenters. The van der Waals surface area contributed by atoms with E-state index in [1.54, 1.807) is 0 Å². The maximum absolute atomic E-state index is 14.8. The zero-order valence-corrected chi connectivity index (χ0v) is 14.8. The number of nitrogens with zero attached hydrogens (tertiary/aromatic N) is 2. The molecule has 0 bridgehead atoms. The molecule has 0 radical (unpaired) electrons. The van der Waals surface area contributed by atoms with E-state index in [-0.39, 0.29) is 12.5 Å². The molecule has 2 aliphatic rings. The van der Waals surface area contributed by atoms with Crippen molar-refractivity contribution in [2.75, 3.05) is 13.1 Å². The Balaban J connectivity index is 1.72. The Kier molecular flexibility index (Phi) is 4.37. The molecule has 3 rings (SSSR count). The normalized spacial score (nSPS) is 23.3. The Bertz CT molecular complexity index is 679. The van der Waals surface area contributed by atoms with Gasteiger partial charge < -0.3 is 9.64 Å². The number of likely N-dealkylation sites (tertiary alicyclic amines) is 1. The number of benzene rings is 1. The molecule has 2 aliphatic heterocycles. The molecule has 1 fully saturated rings. The Morgan fingerprint density at radius 2 is 2.12 bits per heavy atom. The van der Waals surface area contributed by atoms with Crippen LogP contribution in [0.15, 0.2) is 17.1 Å². The third kappa shape index (κ3) is 3.45. The monoisotopic (exact) mass is 332 g/mol. The first-order valence-corrected chi connectivity index (χ1v) is 8.50. The molecule has 2 heterocycles. The standard InChI is InChI=1S/C19H25FN2O2/c1-12-7-13-9-21-10-14(13)8-16(12)15-5-6-22(11-17(15)20)18(23)24-19(2,3)4/h7-9,15,17H,5-6,10-11H2,1-4H3. The van der Waals surface area contributed by atoms with Crippen LogP contribution < -0.4 is 0 Å². The van der Waals surface area contributed by atoms with Gasteiger partial charge >= 0.3 is 6.09 Å². The van der Waals surface area contributed by atoms with Gasteiger partial charge in [-0.3, -0.25) is 4.99 Å². The van der Waals surface area contributed by atoms with E-state index in [0.29, 0.717) is 19.5 Å². The summed E-state index contributed by atoms with van der Waals surface area (Å²) >= 11 is 0. The molecule has 130 valence electrons. The van der Waals surface area contributed by atoms with Crippen LogP contribution in [0, 0.1) is 6.92 Å². The van der Waals surface area contributed by atoms with Gasteiger partial charge in [-0.25, -0.2) is 9.18 Å². The minimum atomic E-state index is -1.08. The van der Waals surface area contributed by atoms with E-state index in [2.05, 4.69) is 17.1 Å². The van der Waals surface area contributed by atoms with Gasteiger partial charge in [0.05, 0.1) is 13.1 Å². The molecule has 5 heteroatoms. The summed E-state index contributed by atoms with van der Waals surface area (Å²) in [5, 5.41) is 0. The van der Waals surface area contributed by atoms with Crippen molar-refractivity contribution in [3.05, 3.63) is 34.4 Å². The number of fused-ring (bicyclic) bond motifs is 1. The summed E-state index contributed by atoms with van der Waals surface area (Å²) in [5.41, 5.74) is 3.89. The third-order valence-electron chi connectivity index (χ3n) is 4.61. The molecule has 1 amide bonds. The zero-order valence-electron chi connectivity index (χ0n) is 14.8. The van der Waals surface area contributed by atoms with Crippen LogP contribution in [0.25, 0.3) is 0 Å². The highest BCUT2D eigenvalue weighted by atomic mass is 19.1. The van der Waals surface area contributed by atoms with Crippen molar-refractivity contribution in [2.24, 2.45) is 4.99 Å². The first kappa shape index (κ1) is 16.9. The summed E-state index contributed by atoms with van der Waals surface area (Å²) in [5.74, 6) is -0.172. The molecule has 2 atom stereocenters. The summed E-state index contributed by atoms with van der Waals surface area (Å²) < 4.78 is 20.2. The summed E-state index contributed by atoms with van der Waals surface area (Å²) in [6, 6.07) is 4.19. The van der Waals surface area contributed by atoms with Crippen LogP contribution in [-0.2, 0) is 11.3 Å². The number of hydrogen-bond donors (Lipinski definition) is 0. The SMILES string of the molecule is Cc1cc2c(cc1C1CCN(C(=O)OC(C)(C)C)CC1F)CN=C2. The van der Waals surface area contributed by atoms with Crippen LogP contribution in [0.2, 0.25) is 0 Å². The van der Waals surface area contributed by atoms with Crippen molar-refractivity contribution in [1.29, 1.82) is 0 Å². The summed E-state index contributed by atoms with van der Waals surface area (Å²) in [7, 11) is 0. The lowest BCUT2D eigenvalue weighted by Crippen LogP contribution is -2.46. The van der Waals surface area contributed by atoms with Gasteiger partial charge in [0.15, 0.2) is 0 Å². The van der Waals surface area contributed by atoms with Crippen LogP contribution in [0.5, 0.6) is 0 Å². The van der Waals surface area contributed by atoms with E-state index in [1.165, 1.54) is 4.90 Å². The molecule has 0 aliphatic carbocycles. The Hall–Kier alpha value is -1.91. The zero-order chi connectivity index (χ0) is 17.5. The van der Waals surface area contributed by atoms with Gasteiger partial charge in [0.2, 0.25) is 0 Å². The average molecular weight is 332 g/mol. The first-order chi connectivity index (χ1) is 11.2. The van der Waals surface area contributed by atoms with Crippen molar-refractivity contribution in [3.63, 3.8) is 0 Å². The van der Waals surface area contributed by atoms with Gasteiger partial charge in [0.1, 0.15) is 11.8 Å². The lowest BCUT2D eigenvalue weighted by Gasteiger charge is -2.36. The van der Waals surface area contributed by atoms with E-state index in [0.717, 1.165) is 22.3 Å². The number of aryl methyl sites for hydroxylation is 1. The minimum absolute atomic E-state index is 0.0899. The topological polar surface area (TPSA) is 41.9 Å². The van der Waals surface area contributed by atoms with E-state index in [4.69, 9.17) is 4.74 Å². The van der Waals surface area contributed by atoms with Crippen molar-refractivity contribution in [1.82, 2.24) is 4.90 Å². The molecule has 1 aromatic carbocycles. The smallest absolute Gasteiger partial charge is 0.410 e. The van der Waals surface area contributed by atoms with Gasteiger partial charge in [0, 0.05) is 18.7 Å². The number of hydrogen-bond acceptors (Lipinski definition) is 3. The Labute approximate surface area is 142 Å². The number of piperidine rings is 1. The van der Waals surface area contributed by atoms with Crippen LogP contribution in [0.4, 0.5) is 9.18 Å². The number of ether oxygens (including phenoxy) is 1. The number of carbonyl (C=O) groups is 1. The fourth-order valence-corrected chi connectivity index (χ4v) is 3.44. The first-order valence-electron chi connectivity index (χ1n) is 8.50. The van der Waals surface area contributed by atoms with Crippen LogP contribution in [0.1, 0.15) is 55.4 Å². The van der Waals surface area contributed by atoms with Gasteiger partial charge in [-0.05, 0) is 62.4 Å². The molecule has 0 aromatic heterocycles. The molecule has 1 aromatic rings. The van der Waals surface area contributed by atoms with E-state index in [9.17, 15) is 9.18 Å². The number of alkyl halides is 1. The number of amides is 1. The van der Waals surface area contributed by atoms with Crippen molar-refractivity contribution >= 4 is 12.3 Å². The second-order valence-electron chi connectivity index (χ2n) is 7.71. The van der Waals surface area contributed by atoms with Crippen molar-refractivity contribution < 1.29 is 13.9 Å². The number of carbonyl (C=O) groups excluding carboxylic acids is 1. The third-order valence-corrected chi connectivity index (χ3v) is 4.61. The van der Waals surface area contributed by atoms with Gasteiger partial charge in [-0.1, -0.05) is 6.07 Å². The number of aliphatic imine (C=N–C) groups is 1. The Morgan fingerprint density at radius 3 is 2.79 bits per heavy atom. The molecular formula is C19H25FN2O2. The fourth-order valence-electron chi connectivity index (χ4n) is 3.44. The highest BCUT2D eigenvalue weighted by Crippen LogP contribution is 2.35. The summed E-state index contributed by atoms with van der Waals surface area (Å²) in [6.07, 6.45) is 0.985. The lowest BCUT2D eigenvalue weighted by atomic mass is 9.84. The fraction of sp³-hybridized carbons (Fsp3) is 0.579. The molecule has 1 saturated heterocycles. The quantitative estimate of drug-likeness (QED) is 0.780. The van der Waals surface area contributed by atoms with E-state index in [1.807, 2.05) is 33.9 Å². The Morgan fingerprint density at radius 1 is 1.38 bits per heavy atom. The number of halogens is 1. The predicted molar refractivity (Wildman–Crippen MR) is 92.5 cm³/mol. The average Bonchev–Trinajstić information content (AvgIpc) is 2.91. The summed E-state index contributed by atoms with van der Waals surface area (Å²) in [4.78, 5) is 17.9. The lowest BCUT2D eigenvalue weighted by molar-refractivity contribution is 0.0111. The molecule has 0 saturated carbocycles. The minimum Gasteiger partial charge on any atom is -0.444 e. The molecule has 4 nitrogen and oxygen atoms in total. The van der Waals surface area contributed by atoms with Gasteiger partial charge in [-0.15, -0.1) is 0 Å². The molecule has 24 heavy (non-hydrogen) atoms. The number of rotatable bonds is 1. The van der Waals surface area contributed by atoms with Crippen LogP contribution >= 0.6 is 0 Å². The molecule has 0 spiro atoms. The maximum Gasteiger partial charge on any atom is 0.410 e. The highest BCUT2D eigenvalue weighted by molar-refractivity contribution is 5.85. The van der Waals surface area contributed by atoms with E-state index >= 15 is 0 Å². The molecular weight excluding hydrogens is 307 g/mol. The van der Waals surface area contributed by atoms with Crippen LogP contribution in [0.3, 0.4) is 0 Å².